The summed E-state index contributed by atoms with van der Waals surface area (Å²) in [5.74, 6) is 0.682. The first-order valence-electron chi connectivity index (χ1n) is 6.58. The monoisotopic (exact) mass is 275 g/mol. The Morgan fingerprint density at radius 1 is 1.10 bits per heavy atom. The quantitative estimate of drug-likeness (QED) is 0.730. The van der Waals surface area contributed by atoms with Crippen molar-refractivity contribution in [2.75, 3.05) is 41.8 Å². The van der Waals surface area contributed by atoms with Gasteiger partial charge in [-0.2, -0.15) is 9.97 Å². The van der Waals surface area contributed by atoms with Gasteiger partial charge in [0.05, 0.1) is 24.7 Å². The Morgan fingerprint density at radius 3 is 2.55 bits per heavy atom. The number of aromatic nitrogens is 2. The van der Waals surface area contributed by atoms with E-state index in [9.17, 15) is 9.59 Å². The molecule has 1 aromatic heterocycles. The van der Waals surface area contributed by atoms with E-state index in [-0.39, 0.29) is 18.2 Å². The summed E-state index contributed by atoms with van der Waals surface area (Å²) in [5, 5.41) is 5.47. The maximum absolute atomic E-state index is 11.9. The van der Waals surface area contributed by atoms with Crippen molar-refractivity contribution in [1.82, 2.24) is 9.97 Å². The number of carbonyl (C=O) groups excluding carboxylic acids is 2. The lowest BCUT2D eigenvalue weighted by Crippen LogP contribution is -2.37. The molecule has 1 aromatic rings. The van der Waals surface area contributed by atoms with E-state index in [1.54, 1.807) is 0 Å². The summed E-state index contributed by atoms with van der Waals surface area (Å²) in [5.41, 5.74) is 0.714. The molecule has 8 nitrogen and oxygen atoms in total. The van der Waals surface area contributed by atoms with Crippen LogP contribution in [0.5, 0.6) is 0 Å². The lowest BCUT2D eigenvalue weighted by atomic mass is 9.95. The molecule has 0 bridgehead atoms. The van der Waals surface area contributed by atoms with Crippen LogP contribution in [0.25, 0.3) is 0 Å². The molecule has 1 atom stereocenters. The molecule has 0 saturated carbocycles. The third-order valence-corrected chi connectivity index (χ3v) is 3.78. The van der Waals surface area contributed by atoms with Crippen molar-refractivity contribution in [2.24, 2.45) is 0 Å². The Bertz CT molecular complexity index is 611. The highest BCUT2D eigenvalue weighted by atomic mass is 16.5. The van der Waals surface area contributed by atoms with Crippen LogP contribution in [0.3, 0.4) is 0 Å². The number of carbonyl (C=O) groups is 2. The van der Waals surface area contributed by atoms with Gasteiger partial charge in [0, 0.05) is 19.5 Å². The van der Waals surface area contributed by atoms with Crippen LogP contribution in [0.2, 0.25) is 0 Å². The Kier molecular flexibility index (Phi) is 2.40. The topological polar surface area (TPSA) is 96.5 Å². The van der Waals surface area contributed by atoms with E-state index in [1.165, 1.54) is 0 Å². The number of morpholine rings is 1. The highest BCUT2D eigenvalue weighted by Crippen LogP contribution is 2.41. The molecule has 0 spiro atoms. The Balaban J connectivity index is 1.78. The zero-order valence-electron chi connectivity index (χ0n) is 10.7. The van der Waals surface area contributed by atoms with Crippen LogP contribution in [0.1, 0.15) is 17.9 Å². The summed E-state index contributed by atoms with van der Waals surface area (Å²) >= 11 is 0. The number of ether oxygens (including phenoxy) is 1. The van der Waals surface area contributed by atoms with E-state index < -0.39 is 5.92 Å². The van der Waals surface area contributed by atoms with Crippen LogP contribution in [-0.2, 0) is 14.3 Å². The summed E-state index contributed by atoms with van der Waals surface area (Å²) in [6.45, 7) is 2.64. The number of hydrogen-bond acceptors (Lipinski definition) is 6. The van der Waals surface area contributed by atoms with Crippen molar-refractivity contribution in [3.8, 4) is 0 Å². The Morgan fingerprint density at radius 2 is 1.80 bits per heavy atom. The minimum atomic E-state index is -0.451. The summed E-state index contributed by atoms with van der Waals surface area (Å²) in [6.07, 6.45) is 0.159. The third kappa shape index (κ3) is 1.64. The predicted octanol–water partition coefficient (Wildman–Crippen LogP) is -0.309. The van der Waals surface area contributed by atoms with Crippen molar-refractivity contribution in [2.45, 2.75) is 12.3 Å². The van der Waals surface area contributed by atoms with Crippen molar-refractivity contribution in [3.05, 3.63) is 5.56 Å². The van der Waals surface area contributed by atoms with Crippen molar-refractivity contribution in [1.29, 1.82) is 0 Å². The van der Waals surface area contributed by atoms with Gasteiger partial charge in [-0.1, -0.05) is 0 Å². The second kappa shape index (κ2) is 4.14. The molecule has 2 N–H and O–H groups in total. The zero-order chi connectivity index (χ0) is 13.7. The van der Waals surface area contributed by atoms with E-state index in [1.807, 2.05) is 4.90 Å². The first kappa shape index (κ1) is 11.6. The number of rotatable bonds is 1. The summed E-state index contributed by atoms with van der Waals surface area (Å²) in [7, 11) is 0. The third-order valence-electron chi connectivity index (χ3n) is 3.78. The second-order valence-corrected chi connectivity index (χ2v) is 5.03. The molecular formula is C12H13N5O3. The predicted molar refractivity (Wildman–Crippen MR) is 69.7 cm³/mol. The van der Waals surface area contributed by atoms with Gasteiger partial charge in [0.25, 0.3) is 0 Å². The van der Waals surface area contributed by atoms with E-state index in [0.29, 0.717) is 49.5 Å². The molecule has 2 amide bonds. The van der Waals surface area contributed by atoms with Gasteiger partial charge in [0.15, 0.2) is 0 Å². The van der Waals surface area contributed by atoms with Crippen LogP contribution in [-0.4, -0.2) is 48.1 Å². The molecule has 4 rings (SSSR count). The number of anilines is 3. The highest BCUT2D eigenvalue weighted by molar-refractivity contribution is 6.10. The molecule has 3 aliphatic heterocycles. The van der Waals surface area contributed by atoms with E-state index >= 15 is 0 Å². The van der Waals surface area contributed by atoms with Crippen molar-refractivity contribution < 1.29 is 14.3 Å². The molecule has 3 aliphatic rings. The molecule has 0 radical (unpaired) electrons. The fourth-order valence-corrected chi connectivity index (χ4v) is 2.78. The number of nitrogens with zero attached hydrogens (tertiary/aromatic N) is 3. The maximum atomic E-state index is 11.9. The van der Waals surface area contributed by atoms with E-state index in [2.05, 4.69) is 20.6 Å². The average molecular weight is 275 g/mol. The molecule has 0 unspecified atom stereocenters. The van der Waals surface area contributed by atoms with Gasteiger partial charge >= 0.3 is 0 Å². The average Bonchev–Trinajstić information content (AvgIpc) is 2.77. The second-order valence-electron chi connectivity index (χ2n) is 5.03. The van der Waals surface area contributed by atoms with Gasteiger partial charge in [-0.25, -0.2) is 0 Å². The molecule has 1 saturated heterocycles. The fourth-order valence-electron chi connectivity index (χ4n) is 2.78. The number of amides is 2. The smallest absolute Gasteiger partial charge is 0.233 e. The summed E-state index contributed by atoms with van der Waals surface area (Å²) < 4.78 is 5.30. The van der Waals surface area contributed by atoms with Gasteiger partial charge < -0.3 is 20.3 Å². The molecule has 20 heavy (non-hydrogen) atoms. The van der Waals surface area contributed by atoms with Gasteiger partial charge in [0.1, 0.15) is 11.6 Å². The first-order chi connectivity index (χ1) is 9.72. The summed E-state index contributed by atoms with van der Waals surface area (Å²) in [6, 6.07) is 0. The molecule has 4 heterocycles. The minimum absolute atomic E-state index is 0.159. The Labute approximate surface area is 114 Å². The molecule has 0 aromatic carbocycles. The van der Waals surface area contributed by atoms with Crippen LogP contribution in [0.15, 0.2) is 0 Å². The maximum Gasteiger partial charge on any atom is 0.233 e. The van der Waals surface area contributed by atoms with Crippen LogP contribution >= 0.6 is 0 Å². The number of nitrogens with one attached hydrogen (secondary N) is 2. The first-order valence-corrected chi connectivity index (χ1v) is 6.58. The lowest BCUT2D eigenvalue weighted by Gasteiger charge is -2.28. The lowest BCUT2D eigenvalue weighted by molar-refractivity contribution is -0.122. The normalized spacial score (nSPS) is 24.2. The molecular weight excluding hydrogens is 262 g/mol. The highest BCUT2D eigenvalue weighted by Gasteiger charge is 2.40. The van der Waals surface area contributed by atoms with Crippen LogP contribution in [0.4, 0.5) is 17.6 Å². The van der Waals surface area contributed by atoms with Crippen molar-refractivity contribution >= 4 is 29.4 Å². The standard InChI is InChI=1S/C12H13N5O3/c18-7-5-6-8-9(13-7)15-12(16-10(8)14-11(6)19)17-1-3-20-4-2-17/h6H,1-5H2,(H2,13,14,15,16,18,19)/t6-/m0/s1. The molecule has 0 aliphatic carbocycles. The largest absolute Gasteiger partial charge is 0.378 e. The summed E-state index contributed by atoms with van der Waals surface area (Å²) in [4.78, 5) is 34.4. The SMILES string of the molecule is O=C1C[C@@H]2C(=O)Nc3nc(N4CCOCC4)nc(c32)N1. The molecule has 8 heteroatoms. The van der Waals surface area contributed by atoms with Gasteiger partial charge in [-0.05, 0) is 0 Å². The van der Waals surface area contributed by atoms with Crippen LogP contribution in [0, 0.1) is 0 Å². The zero-order valence-corrected chi connectivity index (χ0v) is 10.7. The molecule has 1 fully saturated rings. The fraction of sp³-hybridized carbons (Fsp3) is 0.500. The molecule has 104 valence electrons. The van der Waals surface area contributed by atoms with E-state index in [0.717, 1.165) is 0 Å². The van der Waals surface area contributed by atoms with Crippen molar-refractivity contribution in [3.63, 3.8) is 0 Å². The van der Waals surface area contributed by atoms with Gasteiger partial charge in [-0.3, -0.25) is 9.59 Å². The van der Waals surface area contributed by atoms with Gasteiger partial charge in [-0.15, -0.1) is 0 Å². The van der Waals surface area contributed by atoms with Crippen LogP contribution < -0.4 is 15.5 Å². The Hall–Kier alpha value is -2.22. The minimum Gasteiger partial charge on any atom is -0.378 e. The number of hydrogen-bond donors (Lipinski definition) is 2. The van der Waals surface area contributed by atoms with Gasteiger partial charge in [0.2, 0.25) is 17.8 Å². The van der Waals surface area contributed by atoms with E-state index in [4.69, 9.17) is 4.74 Å².